The van der Waals surface area contributed by atoms with E-state index in [1.54, 1.807) is 20.8 Å². The first kappa shape index (κ1) is 43.7. The van der Waals surface area contributed by atoms with E-state index in [4.69, 9.17) is 47.4 Å². The molecule has 0 fully saturated rings. The number of nitrogens with one attached hydrogen (secondary N) is 1. The van der Waals surface area contributed by atoms with Gasteiger partial charge in [0.2, 0.25) is 0 Å². The molecule has 0 bridgehead atoms. The highest BCUT2D eigenvalue weighted by atomic mass is 19.1. The number of hydrogen-bond donors (Lipinski definition) is 1. The number of carbonyl (C=O) groups excluding carboxylic acids is 3. The van der Waals surface area contributed by atoms with E-state index in [-0.39, 0.29) is 55.6 Å². The number of halogens is 1. The highest BCUT2D eigenvalue weighted by molar-refractivity contribution is 5.72. The summed E-state index contributed by atoms with van der Waals surface area (Å²) in [6.45, 7) is 9.48. The van der Waals surface area contributed by atoms with Crippen LogP contribution in [0.5, 0.6) is 11.5 Å². The lowest BCUT2D eigenvalue weighted by molar-refractivity contribution is -0.384. The lowest BCUT2D eigenvalue weighted by atomic mass is 10.2. The minimum Gasteiger partial charge on any atom is -0.444 e. The van der Waals surface area contributed by atoms with Crippen molar-refractivity contribution in [3.63, 3.8) is 0 Å². The Bertz CT molecular complexity index is 1360. The molecule has 1 N–H and O–H groups in total. The van der Waals surface area contributed by atoms with Gasteiger partial charge in [0, 0.05) is 18.7 Å². The van der Waals surface area contributed by atoms with Crippen LogP contribution in [0.1, 0.15) is 32.8 Å². The fourth-order valence-electron chi connectivity index (χ4n) is 3.69. The van der Waals surface area contributed by atoms with E-state index >= 15 is 0 Å². The molecule has 0 aliphatic rings. The van der Waals surface area contributed by atoms with Gasteiger partial charge in [0.15, 0.2) is 11.6 Å². The lowest BCUT2D eigenvalue weighted by Gasteiger charge is -2.19. The number of alkyl carbamates (subject to hydrolysis) is 1. The number of nitro benzene ring substituents is 1. The van der Waals surface area contributed by atoms with E-state index in [1.807, 2.05) is 0 Å². The zero-order valence-electron chi connectivity index (χ0n) is 29.6. The van der Waals surface area contributed by atoms with Gasteiger partial charge >= 0.3 is 18.2 Å². The molecule has 17 nitrogen and oxygen atoms in total. The standard InChI is InChI=1S/C34H47FN2O15/c1-34(2,3)52-32(39)36-11-13-44-15-17-46-19-21-48-23-22-47-20-18-45-16-14-43-12-10-31(38)51-30-9-4-26(24-29(30)35)25-49-33(40)50-28-7-5-27(6-8-28)37(41)42/h4-9,24H,10-23,25H2,1-3H3,(H,36,39). The monoisotopic (exact) mass is 742 g/mol. The predicted octanol–water partition coefficient (Wildman–Crippen LogP) is 4.37. The van der Waals surface area contributed by atoms with Crippen LogP contribution in [-0.2, 0) is 49.3 Å². The first-order chi connectivity index (χ1) is 24.9. The number of rotatable bonds is 26. The maximum Gasteiger partial charge on any atom is 0.514 e. The second-order valence-corrected chi connectivity index (χ2v) is 11.5. The van der Waals surface area contributed by atoms with E-state index in [9.17, 15) is 28.9 Å². The zero-order valence-corrected chi connectivity index (χ0v) is 29.6. The molecule has 0 atom stereocenters. The predicted molar refractivity (Wildman–Crippen MR) is 180 cm³/mol. The van der Waals surface area contributed by atoms with Crippen molar-refractivity contribution >= 4 is 23.9 Å². The zero-order chi connectivity index (χ0) is 38.0. The summed E-state index contributed by atoms with van der Waals surface area (Å²) in [5.41, 5.74) is -0.441. The average molecular weight is 743 g/mol. The number of benzene rings is 2. The maximum atomic E-state index is 14.4. The van der Waals surface area contributed by atoms with Gasteiger partial charge in [-0.3, -0.25) is 14.9 Å². The number of esters is 1. The molecule has 290 valence electrons. The summed E-state index contributed by atoms with van der Waals surface area (Å²) >= 11 is 0. The van der Waals surface area contributed by atoms with Crippen LogP contribution in [0.15, 0.2) is 42.5 Å². The number of carbonyl (C=O) groups is 3. The Kier molecular flexibility index (Phi) is 21.4. The van der Waals surface area contributed by atoms with Crippen LogP contribution in [0, 0.1) is 15.9 Å². The van der Waals surface area contributed by atoms with Gasteiger partial charge in [-0.25, -0.2) is 14.0 Å². The quantitative estimate of drug-likeness (QED) is 0.0356. The molecule has 0 aliphatic carbocycles. The van der Waals surface area contributed by atoms with Gasteiger partial charge in [0.1, 0.15) is 18.0 Å². The minimum absolute atomic E-state index is 0.0348. The van der Waals surface area contributed by atoms with Crippen molar-refractivity contribution < 1.29 is 71.1 Å². The van der Waals surface area contributed by atoms with Crippen LogP contribution in [0.25, 0.3) is 0 Å². The van der Waals surface area contributed by atoms with Gasteiger partial charge in [-0.1, -0.05) is 6.07 Å². The largest absolute Gasteiger partial charge is 0.514 e. The highest BCUT2D eigenvalue weighted by Gasteiger charge is 2.16. The molecule has 0 unspecified atom stereocenters. The Morgan fingerprint density at radius 2 is 1.25 bits per heavy atom. The van der Waals surface area contributed by atoms with Crippen LogP contribution in [0.2, 0.25) is 0 Å². The van der Waals surface area contributed by atoms with Crippen LogP contribution in [0.3, 0.4) is 0 Å². The van der Waals surface area contributed by atoms with Gasteiger partial charge in [0.05, 0.1) is 90.6 Å². The van der Waals surface area contributed by atoms with Gasteiger partial charge < -0.3 is 52.7 Å². The molecule has 0 saturated carbocycles. The Balaban J connectivity index is 1.37. The summed E-state index contributed by atoms with van der Waals surface area (Å²) in [7, 11) is 0. The van der Waals surface area contributed by atoms with Crippen LogP contribution in [-0.4, -0.2) is 115 Å². The first-order valence-corrected chi connectivity index (χ1v) is 16.4. The van der Waals surface area contributed by atoms with Gasteiger partial charge in [0.25, 0.3) is 5.69 Å². The normalized spacial score (nSPS) is 11.2. The van der Waals surface area contributed by atoms with E-state index < -0.39 is 34.6 Å². The summed E-state index contributed by atoms with van der Waals surface area (Å²) in [5, 5.41) is 13.3. The summed E-state index contributed by atoms with van der Waals surface area (Å²) in [4.78, 5) is 45.5. The number of hydrogen-bond acceptors (Lipinski definition) is 15. The van der Waals surface area contributed by atoms with E-state index in [0.717, 1.165) is 18.2 Å². The third-order valence-electron chi connectivity index (χ3n) is 6.05. The van der Waals surface area contributed by atoms with Crippen LogP contribution < -0.4 is 14.8 Å². The van der Waals surface area contributed by atoms with Crippen molar-refractivity contribution in [2.24, 2.45) is 0 Å². The number of non-ortho nitro benzene ring substituents is 1. The Labute approximate surface area is 301 Å². The molecule has 1 amide bonds. The molecule has 0 heterocycles. The first-order valence-electron chi connectivity index (χ1n) is 16.4. The number of ether oxygens (including phenoxy) is 10. The smallest absolute Gasteiger partial charge is 0.444 e. The topological polar surface area (TPSA) is 199 Å². The summed E-state index contributed by atoms with van der Waals surface area (Å²) in [6.07, 6.45) is -1.69. The van der Waals surface area contributed by atoms with Gasteiger partial charge in [-0.15, -0.1) is 0 Å². The molecule has 2 aromatic rings. The number of nitrogens with zero attached hydrogens (tertiary/aromatic N) is 1. The third kappa shape index (κ3) is 21.7. The average Bonchev–Trinajstić information content (AvgIpc) is 3.08. The molecule has 0 radical (unpaired) electrons. The van der Waals surface area contributed by atoms with Crippen LogP contribution in [0.4, 0.5) is 19.7 Å². The molecule has 0 saturated heterocycles. The third-order valence-corrected chi connectivity index (χ3v) is 6.05. The highest BCUT2D eigenvalue weighted by Crippen LogP contribution is 2.21. The van der Waals surface area contributed by atoms with Crippen molar-refractivity contribution in [2.75, 3.05) is 85.8 Å². The summed E-state index contributed by atoms with van der Waals surface area (Å²) < 4.78 is 66.8. The fraction of sp³-hybridized carbons (Fsp3) is 0.559. The molecular weight excluding hydrogens is 695 g/mol. The second-order valence-electron chi connectivity index (χ2n) is 11.5. The molecule has 0 aliphatic heterocycles. The fourth-order valence-corrected chi connectivity index (χ4v) is 3.69. The Hall–Kier alpha value is -4.46. The summed E-state index contributed by atoms with van der Waals surface area (Å²) in [6, 6.07) is 8.47. The van der Waals surface area contributed by atoms with Crippen molar-refractivity contribution in [2.45, 2.75) is 39.4 Å². The minimum atomic E-state index is -1.09. The van der Waals surface area contributed by atoms with E-state index in [0.29, 0.717) is 66.0 Å². The Morgan fingerprint density at radius 3 is 1.75 bits per heavy atom. The molecule has 0 aromatic heterocycles. The summed E-state index contributed by atoms with van der Waals surface area (Å²) in [5.74, 6) is -1.80. The maximum absolute atomic E-state index is 14.4. The van der Waals surface area contributed by atoms with Gasteiger partial charge in [-0.05, 0) is 50.6 Å². The van der Waals surface area contributed by atoms with Crippen LogP contribution >= 0.6 is 0 Å². The van der Waals surface area contributed by atoms with Crippen molar-refractivity contribution in [1.29, 1.82) is 0 Å². The van der Waals surface area contributed by atoms with Crippen molar-refractivity contribution in [3.05, 3.63) is 64.0 Å². The van der Waals surface area contributed by atoms with Gasteiger partial charge in [-0.2, -0.15) is 0 Å². The Morgan fingerprint density at radius 1 is 0.731 bits per heavy atom. The number of nitro groups is 1. The molecular formula is C34H47FN2O15. The van der Waals surface area contributed by atoms with E-state index in [1.165, 1.54) is 24.3 Å². The molecule has 2 aromatic carbocycles. The molecule has 18 heteroatoms. The molecule has 52 heavy (non-hydrogen) atoms. The molecule has 0 spiro atoms. The van der Waals surface area contributed by atoms with E-state index in [2.05, 4.69) is 5.32 Å². The number of amides is 1. The van der Waals surface area contributed by atoms with Crippen molar-refractivity contribution in [1.82, 2.24) is 5.32 Å². The second kappa shape index (κ2) is 25.5. The lowest BCUT2D eigenvalue weighted by Crippen LogP contribution is -2.34. The van der Waals surface area contributed by atoms with Crippen molar-refractivity contribution in [3.8, 4) is 11.5 Å². The SMILES string of the molecule is CC(C)(C)OC(=O)NCCOCCOCCOCCOCCOCCOCCC(=O)Oc1ccc(COC(=O)Oc2ccc([N+](=O)[O-])cc2)cc1F. The molecule has 2 rings (SSSR count).